The Kier molecular flexibility index (Phi) is 8.52. The summed E-state index contributed by atoms with van der Waals surface area (Å²) in [6.45, 7) is 5.86. The summed E-state index contributed by atoms with van der Waals surface area (Å²) in [5.41, 5.74) is 0.632. The molecule has 6 nitrogen and oxygen atoms in total. The molecule has 0 spiro atoms. The summed E-state index contributed by atoms with van der Waals surface area (Å²) in [6.07, 6.45) is 2.10. The van der Waals surface area contributed by atoms with E-state index in [2.05, 4.69) is 0 Å². The van der Waals surface area contributed by atoms with E-state index in [4.69, 9.17) is 4.74 Å². The minimum Gasteiger partial charge on any atom is -0.478 e. The van der Waals surface area contributed by atoms with Crippen LogP contribution in [-0.4, -0.2) is 42.5 Å². The van der Waals surface area contributed by atoms with E-state index < -0.39 is 21.6 Å². The van der Waals surface area contributed by atoms with E-state index in [9.17, 15) is 18.3 Å². The van der Waals surface area contributed by atoms with Crippen LogP contribution in [0.25, 0.3) is 10.4 Å². The zero-order valence-electron chi connectivity index (χ0n) is 19.7. The summed E-state index contributed by atoms with van der Waals surface area (Å²) >= 11 is 1.58. The first-order valence-corrected chi connectivity index (χ1v) is 13.6. The monoisotopic (exact) mass is 501 g/mol. The van der Waals surface area contributed by atoms with E-state index in [0.717, 1.165) is 22.4 Å². The van der Waals surface area contributed by atoms with Gasteiger partial charge in [-0.15, -0.1) is 11.3 Å². The van der Waals surface area contributed by atoms with Crippen LogP contribution >= 0.6 is 11.3 Å². The fourth-order valence-corrected chi connectivity index (χ4v) is 5.87. The molecule has 3 aromatic rings. The first kappa shape index (κ1) is 25.9. The third-order valence-electron chi connectivity index (χ3n) is 5.43. The van der Waals surface area contributed by atoms with Gasteiger partial charge < -0.3 is 9.84 Å². The van der Waals surface area contributed by atoms with Crippen LogP contribution in [0, 0.1) is 0 Å². The van der Waals surface area contributed by atoms with Crippen molar-refractivity contribution in [2.75, 3.05) is 13.1 Å². The highest BCUT2D eigenvalue weighted by Gasteiger charge is 2.29. The lowest BCUT2D eigenvalue weighted by Gasteiger charge is -2.22. The van der Waals surface area contributed by atoms with Gasteiger partial charge in [-0.25, -0.2) is 13.2 Å². The SMILES string of the molecule is CCCN(CCCc1ccc(OC(C)(C)C(=O)O)cc1)S(=O)(=O)c1cccc(-c2cccs2)c1. The van der Waals surface area contributed by atoms with E-state index in [-0.39, 0.29) is 0 Å². The number of rotatable bonds is 12. The highest BCUT2D eigenvalue weighted by Crippen LogP contribution is 2.28. The summed E-state index contributed by atoms with van der Waals surface area (Å²) < 4.78 is 33.9. The molecule has 0 radical (unpaired) electrons. The van der Waals surface area contributed by atoms with Crippen LogP contribution < -0.4 is 4.74 Å². The van der Waals surface area contributed by atoms with Crippen LogP contribution in [-0.2, 0) is 21.2 Å². The Balaban J connectivity index is 1.65. The molecular weight excluding hydrogens is 470 g/mol. The van der Waals surface area contributed by atoms with Gasteiger partial charge in [0.15, 0.2) is 5.60 Å². The lowest BCUT2D eigenvalue weighted by atomic mass is 10.1. The first-order chi connectivity index (χ1) is 16.1. The zero-order valence-corrected chi connectivity index (χ0v) is 21.4. The fraction of sp³-hybridized carbons (Fsp3) is 0.346. The Morgan fingerprint density at radius 2 is 1.79 bits per heavy atom. The van der Waals surface area contributed by atoms with Gasteiger partial charge in [-0.3, -0.25) is 0 Å². The molecule has 0 saturated carbocycles. The van der Waals surface area contributed by atoms with Gasteiger partial charge >= 0.3 is 5.97 Å². The molecule has 0 unspecified atom stereocenters. The third kappa shape index (κ3) is 6.46. The highest BCUT2D eigenvalue weighted by molar-refractivity contribution is 7.89. The standard InChI is InChI=1S/C26H31NO5S2/c1-4-16-27(34(30,31)23-10-5-9-21(19-23)24-11-7-18-33-24)17-6-8-20-12-14-22(15-13-20)32-26(2,3)25(28)29/h5,7,9-15,18-19H,4,6,8,16-17H2,1-3H3,(H,28,29). The molecule has 2 aromatic carbocycles. The maximum Gasteiger partial charge on any atom is 0.347 e. The van der Waals surface area contributed by atoms with Gasteiger partial charge in [0.1, 0.15) is 5.75 Å². The van der Waals surface area contributed by atoms with Gasteiger partial charge in [0.05, 0.1) is 4.90 Å². The van der Waals surface area contributed by atoms with Crippen molar-refractivity contribution >= 4 is 27.3 Å². The third-order valence-corrected chi connectivity index (χ3v) is 8.25. The van der Waals surface area contributed by atoms with Crippen molar-refractivity contribution in [3.8, 4) is 16.2 Å². The Hall–Kier alpha value is -2.68. The second kappa shape index (κ2) is 11.2. The van der Waals surface area contributed by atoms with Crippen molar-refractivity contribution in [3.05, 3.63) is 71.6 Å². The molecule has 182 valence electrons. The number of nitrogens with zero attached hydrogens (tertiary/aromatic N) is 1. The molecule has 34 heavy (non-hydrogen) atoms. The predicted molar refractivity (Wildman–Crippen MR) is 136 cm³/mol. The molecule has 0 saturated heterocycles. The maximum absolute atomic E-state index is 13.4. The number of carbonyl (C=O) groups is 1. The Morgan fingerprint density at radius 3 is 2.41 bits per heavy atom. The smallest absolute Gasteiger partial charge is 0.347 e. The zero-order chi connectivity index (χ0) is 24.8. The molecule has 0 aliphatic carbocycles. The quantitative estimate of drug-likeness (QED) is 0.345. The van der Waals surface area contributed by atoms with Gasteiger partial charge in [0.25, 0.3) is 0 Å². The molecule has 1 aromatic heterocycles. The topological polar surface area (TPSA) is 83.9 Å². The molecule has 0 bridgehead atoms. The second-order valence-corrected chi connectivity index (χ2v) is 11.5. The number of carboxylic acid groups (broad SMARTS) is 1. The van der Waals surface area contributed by atoms with Crippen LogP contribution in [0.3, 0.4) is 0 Å². The second-order valence-electron chi connectivity index (χ2n) is 8.57. The minimum absolute atomic E-state index is 0.314. The molecule has 1 heterocycles. The van der Waals surface area contributed by atoms with Gasteiger partial charge in [-0.05, 0) is 79.9 Å². The Bertz CT molecular complexity index is 1190. The summed E-state index contributed by atoms with van der Waals surface area (Å²) in [5, 5.41) is 11.2. The Labute approximate surface area is 205 Å². The number of carboxylic acids is 1. The van der Waals surface area contributed by atoms with Crippen LogP contribution in [0.4, 0.5) is 0 Å². The molecule has 1 N–H and O–H groups in total. The van der Waals surface area contributed by atoms with E-state index >= 15 is 0 Å². The Morgan fingerprint density at radius 1 is 1.06 bits per heavy atom. The van der Waals surface area contributed by atoms with Gasteiger partial charge in [-0.1, -0.05) is 37.3 Å². The van der Waals surface area contributed by atoms with Crippen molar-refractivity contribution in [2.24, 2.45) is 0 Å². The number of hydrogen-bond acceptors (Lipinski definition) is 5. The molecule has 0 amide bonds. The maximum atomic E-state index is 13.4. The lowest BCUT2D eigenvalue weighted by Crippen LogP contribution is -2.37. The number of benzene rings is 2. The molecule has 3 rings (SSSR count). The highest BCUT2D eigenvalue weighted by atomic mass is 32.2. The van der Waals surface area contributed by atoms with Gasteiger partial charge in [-0.2, -0.15) is 4.31 Å². The number of thiophene rings is 1. The molecule has 0 fully saturated rings. The number of aryl methyl sites for hydroxylation is 1. The molecule has 0 aliphatic heterocycles. The molecule has 0 aliphatic rings. The normalized spacial score (nSPS) is 12.1. The predicted octanol–water partition coefficient (Wildman–Crippen LogP) is 5.69. The van der Waals surface area contributed by atoms with Crippen LogP contribution in [0.15, 0.2) is 70.9 Å². The van der Waals surface area contributed by atoms with Gasteiger partial charge in [0, 0.05) is 18.0 Å². The van der Waals surface area contributed by atoms with Crippen LogP contribution in [0.2, 0.25) is 0 Å². The van der Waals surface area contributed by atoms with Crippen molar-refractivity contribution < 1.29 is 23.1 Å². The van der Waals surface area contributed by atoms with Crippen molar-refractivity contribution in [1.29, 1.82) is 0 Å². The van der Waals surface area contributed by atoms with E-state index in [1.807, 2.05) is 42.6 Å². The average molecular weight is 502 g/mol. The largest absolute Gasteiger partial charge is 0.478 e. The molecule has 8 heteroatoms. The molecule has 0 atom stereocenters. The number of sulfonamides is 1. The van der Waals surface area contributed by atoms with Crippen molar-refractivity contribution in [2.45, 2.75) is 50.5 Å². The number of ether oxygens (including phenoxy) is 1. The average Bonchev–Trinajstić information content (AvgIpc) is 3.34. The van der Waals surface area contributed by atoms with E-state index in [0.29, 0.717) is 36.6 Å². The van der Waals surface area contributed by atoms with Crippen molar-refractivity contribution in [1.82, 2.24) is 4.31 Å². The van der Waals surface area contributed by atoms with Crippen LogP contribution in [0.5, 0.6) is 5.75 Å². The fourth-order valence-electron chi connectivity index (χ4n) is 3.53. The number of hydrogen-bond donors (Lipinski definition) is 1. The first-order valence-electron chi connectivity index (χ1n) is 11.3. The van der Waals surface area contributed by atoms with E-state index in [1.165, 1.54) is 13.8 Å². The van der Waals surface area contributed by atoms with Crippen LogP contribution in [0.1, 0.15) is 39.2 Å². The summed E-state index contributed by atoms with van der Waals surface area (Å²) in [4.78, 5) is 12.6. The molecular formula is C26H31NO5S2. The minimum atomic E-state index is -3.60. The van der Waals surface area contributed by atoms with E-state index in [1.54, 1.807) is 46.0 Å². The number of aliphatic carboxylic acids is 1. The summed E-state index contributed by atoms with van der Waals surface area (Å²) in [6, 6.07) is 18.3. The summed E-state index contributed by atoms with van der Waals surface area (Å²) in [7, 11) is -3.60. The van der Waals surface area contributed by atoms with Crippen molar-refractivity contribution in [3.63, 3.8) is 0 Å². The lowest BCUT2D eigenvalue weighted by molar-refractivity contribution is -0.152. The van der Waals surface area contributed by atoms with Gasteiger partial charge in [0.2, 0.25) is 10.0 Å². The summed E-state index contributed by atoms with van der Waals surface area (Å²) in [5.74, 6) is -0.549.